The number of β-amino-alcohol motifs (C(OH)–C–C–N with tert-alkyl or cyclic N) is 1. The van der Waals surface area contributed by atoms with E-state index < -0.39 is 0 Å². The van der Waals surface area contributed by atoms with Crippen LogP contribution in [0.1, 0.15) is 65.3 Å². The lowest BCUT2D eigenvalue weighted by Gasteiger charge is -2.18. The van der Waals surface area contributed by atoms with Crippen molar-refractivity contribution in [2.24, 2.45) is 0 Å². The molecule has 28 heavy (non-hydrogen) atoms. The number of likely N-dealkylation sites (tertiary alicyclic amines) is 1. The summed E-state index contributed by atoms with van der Waals surface area (Å²) >= 11 is 0. The van der Waals surface area contributed by atoms with Gasteiger partial charge >= 0.3 is 0 Å². The van der Waals surface area contributed by atoms with E-state index in [-0.39, 0.29) is 12.0 Å². The summed E-state index contributed by atoms with van der Waals surface area (Å²) in [5.74, 6) is -0.0619. The van der Waals surface area contributed by atoms with Gasteiger partial charge in [0.15, 0.2) is 0 Å². The van der Waals surface area contributed by atoms with Crippen LogP contribution in [0.25, 0.3) is 0 Å². The second-order valence-corrected chi connectivity index (χ2v) is 8.16. The number of aromatic nitrogens is 2. The molecule has 2 aromatic rings. The van der Waals surface area contributed by atoms with Crippen LogP contribution in [0, 0.1) is 6.92 Å². The highest BCUT2D eigenvalue weighted by Gasteiger charge is 2.23. The monoisotopic (exact) mass is 382 g/mol. The van der Waals surface area contributed by atoms with Gasteiger partial charge in [-0.05, 0) is 37.3 Å². The summed E-state index contributed by atoms with van der Waals surface area (Å²) in [6.07, 6.45) is 7.13. The summed E-state index contributed by atoms with van der Waals surface area (Å²) in [5, 5.41) is 17.3. The molecule has 1 saturated heterocycles. The van der Waals surface area contributed by atoms with Crippen molar-refractivity contribution in [3.63, 3.8) is 0 Å². The van der Waals surface area contributed by atoms with E-state index in [1.165, 1.54) is 18.4 Å². The SMILES string of the molecule is Cc1c(C(=O)NCc2ccccc2CN2CCC(O)C2)cnn1C1CCCC1. The number of amides is 1. The Morgan fingerprint density at radius 3 is 2.68 bits per heavy atom. The smallest absolute Gasteiger partial charge is 0.255 e. The third-order valence-corrected chi connectivity index (χ3v) is 6.16. The van der Waals surface area contributed by atoms with Crippen molar-refractivity contribution in [1.82, 2.24) is 20.0 Å². The Morgan fingerprint density at radius 2 is 1.96 bits per heavy atom. The first-order valence-electron chi connectivity index (χ1n) is 10.4. The van der Waals surface area contributed by atoms with Gasteiger partial charge in [-0.2, -0.15) is 5.10 Å². The summed E-state index contributed by atoms with van der Waals surface area (Å²) in [6, 6.07) is 8.65. The Kier molecular flexibility index (Phi) is 5.78. The third kappa shape index (κ3) is 4.13. The molecule has 1 unspecified atom stereocenters. The number of benzene rings is 1. The van der Waals surface area contributed by atoms with E-state index in [1.54, 1.807) is 6.20 Å². The van der Waals surface area contributed by atoms with E-state index in [0.717, 1.165) is 50.2 Å². The quantitative estimate of drug-likeness (QED) is 0.806. The largest absolute Gasteiger partial charge is 0.392 e. The minimum atomic E-state index is -0.216. The van der Waals surface area contributed by atoms with Crippen LogP contribution in [0.3, 0.4) is 0 Å². The van der Waals surface area contributed by atoms with Crippen molar-refractivity contribution < 1.29 is 9.90 Å². The van der Waals surface area contributed by atoms with E-state index in [2.05, 4.69) is 27.4 Å². The first kappa shape index (κ1) is 19.2. The van der Waals surface area contributed by atoms with Crippen LogP contribution in [0.5, 0.6) is 0 Å². The van der Waals surface area contributed by atoms with Gasteiger partial charge in [-0.1, -0.05) is 37.1 Å². The van der Waals surface area contributed by atoms with Crippen molar-refractivity contribution in [1.29, 1.82) is 0 Å². The Morgan fingerprint density at radius 1 is 1.21 bits per heavy atom. The molecule has 1 atom stereocenters. The van der Waals surface area contributed by atoms with Gasteiger partial charge in [0.2, 0.25) is 0 Å². The van der Waals surface area contributed by atoms with Gasteiger partial charge in [0.05, 0.1) is 23.9 Å². The number of hydrogen-bond donors (Lipinski definition) is 2. The fourth-order valence-electron chi connectivity index (χ4n) is 4.51. The number of aliphatic hydroxyl groups is 1. The number of carbonyl (C=O) groups excluding carboxylic acids is 1. The van der Waals surface area contributed by atoms with Crippen molar-refractivity contribution in [2.75, 3.05) is 13.1 Å². The minimum absolute atomic E-state index is 0.0619. The maximum absolute atomic E-state index is 12.8. The van der Waals surface area contributed by atoms with Crippen LogP contribution >= 0.6 is 0 Å². The predicted octanol–water partition coefficient (Wildman–Crippen LogP) is 2.80. The molecular formula is C22H30N4O2. The Bertz CT molecular complexity index is 826. The molecule has 2 fully saturated rings. The van der Waals surface area contributed by atoms with Crippen molar-refractivity contribution in [3.05, 3.63) is 52.8 Å². The lowest BCUT2D eigenvalue weighted by molar-refractivity contribution is 0.0950. The van der Waals surface area contributed by atoms with Gasteiger partial charge < -0.3 is 10.4 Å². The molecule has 0 radical (unpaired) electrons. The molecule has 1 aromatic carbocycles. The number of hydrogen-bond acceptors (Lipinski definition) is 4. The highest BCUT2D eigenvalue weighted by Crippen LogP contribution is 2.30. The standard InChI is InChI=1S/C22H30N4O2/c1-16-21(13-24-26(16)19-8-4-5-9-19)22(28)23-12-17-6-2-3-7-18(17)14-25-11-10-20(27)15-25/h2-3,6-7,13,19-20,27H,4-5,8-12,14-15H2,1H3,(H,23,28). The van der Waals surface area contributed by atoms with Crippen LogP contribution in [-0.2, 0) is 13.1 Å². The van der Waals surface area contributed by atoms with E-state index in [4.69, 9.17) is 0 Å². The summed E-state index contributed by atoms with van der Waals surface area (Å²) in [4.78, 5) is 15.0. The lowest BCUT2D eigenvalue weighted by atomic mass is 10.1. The third-order valence-electron chi connectivity index (χ3n) is 6.16. The molecule has 4 rings (SSSR count). The highest BCUT2D eigenvalue weighted by atomic mass is 16.3. The number of nitrogens with one attached hydrogen (secondary N) is 1. The zero-order valence-electron chi connectivity index (χ0n) is 16.6. The van der Waals surface area contributed by atoms with Crippen LogP contribution in [0.2, 0.25) is 0 Å². The average Bonchev–Trinajstić information content (AvgIpc) is 3.42. The summed E-state index contributed by atoms with van der Waals surface area (Å²) in [7, 11) is 0. The molecule has 150 valence electrons. The maximum Gasteiger partial charge on any atom is 0.255 e. The van der Waals surface area contributed by atoms with Crippen LogP contribution in [-0.4, -0.2) is 44.9 Å². The molecule has 1 amide bonds. The Hall–Kier alpha value is -2.18. The zero-order chi connectivity index (χ0) is 19.5. The van der Waals surface area contributed by atoms with Gasteiger partial charge in [0, 0.05) is 31.9 Å². The van der Waals surface area contributed by atoms with E-state index in [1.807, 2.05) is 23.7 Å². The van der Waals surface area contributed by atoms with Gasteiger partial charge in [0.1, 0.15) is 0 Å². The molecule has 2 aliphatic rings. The molecule has 2 N–H and O–H groups in total. The Labute approximate surface area is 166 Å². The van der Waals surface area contributed by atoms with E-state index >= 15 is 0 Å². The summed E-state index contributed by atoms with van der Waals surface area (Å²) < 4.78 is 2.04. The number of rotatable bonds is 6. The van der Waals surface area contributed by atoms with Crippen LogP contribution < -0.4 is 5.32 Å². The maximum atomic E-state index is 12.8. The average molecular weight is 383 g/mol. The molecule has 1 saturated carbocycles. The first-order valence-corrected chi connectivity index (χ1v) is 10.4. The van der Waals surface area contributed by atoms with Crippen LogP contribution in [0.4, 0.5) is 0 Å². The Balaban J connectivity index is 1.40. The van der Waals surface area contributed by atoms with Crippen LogP contribution in [0.15, 0.2) is 30.5 Å². The normalized spacial score (nSPS) is 20.7. The highest BCUT2D eigenvalue weighted by molar-refractivity contribution is 5.95. The second-order valence-electron chi connectivity index (χ2n) is 8.16. The van der Waals surface area contributed by atoms with Gasteiger partial charge in [0.25, 0.3) is 5.91 Å². The van der Waals surface area contributed by atoms with E-state index in [0.29, 0.717) is 18.2 Å². The zero-order valence-corrected chi connectivity index (χ0v) is 16.6. The minimum Gasteiger partial charge on any atom is -0.392 e. The number of carbonyl (C=O) groups is 1. The first-order chi connectivity index (χ1) is 13.6. The number of nitrogens with zero attached hydrogens (tertiary/aromatic N) is 3. The molecule has 2 heterocycles. The van der Waals surface area contributed by atoms with Crippen molar-refractivity contribution >= 4 is 5.91 Å². The van der Waals surface area contributed by atoms with E-state index in [9.17, 15) is 9.90 Å². The molecule has 0 bridgehead atoms. The fraction of sp³-hybridized carbons (Fsp3) is 0.545. The fourth-order valence-corrected chi connectivity index (χ4v) is 4.51. The lowest BCUT2D eigenvalue weighted by Crippen LogP contribution is -2.26. The predicted molar refractivity (Wildman–Crippen MR) is 108 cm³/mol. The molecule has 0 spiro atoms. The van der Waals surface area contributed by atoms with Gasteiger partial charge in [-0.15, -0.1) is 0 Å². The molecule has 1 aromatic heterocycles. The van der Waals surface area contributed by atoms with Gasteiger partial charge in [-0.3, -0.25) is 14.4 Å². The molecular weight excluding hydrogens is 352 g/mol. The molecule has 6 heteroatoms. The van der Waals surface area contributed by atoms with Crippen molar-refractivity contribution in [3.8, 4) is 0 Å². The van der Waals surface area contributed by atoms with Crippen molar-refractivity contribution in [2.45, 2.75) is 64.3 Å². The molecule has 6 nitrogen and oxygen atoms in total. The molecule has 1 aliphatic heterocycles. The summed E-state index contributed by atoms with van der Waals surface area (Å²) in [5.41, 5.74) is 3.96. The van der Waals surface area contributed by atoms with Gasteiger partial charge in [-0.25, -0.2) is 0 Å². The topological polar surface area (TPSA) is 70.4 Å². The summed E-state index contributed by atoms with van der Waals surface area (Å²) in [6.45, 7) is 4.94. The second kappa shape index (κ2) is 8.45. The molecule has 1 aliphatic carbocycles. The number of aliphatic hydroxyl groups excluding tert-OH is 1.